The fourth-order valence-corrected chi connectivity index (χ4v) is 7.39. The Labute approximate surface area is 383 Å². The largest absolute Gasteiger partial charge is 1.00 e. The van der Waals surface area contributed by atoms with E-state index in [1.165, 1.54) is 30.3 Å². The number of esters is 1. The van der Waals surface area contributed by atoms with Crippen LogP contribution in [0.4, 0.5) is 0 Å². The van der Waals surface area contributed by atoms with Gasteiger partial charge in [-0.3, -0.25) is 0 Å². The summed E-state index contributed by atoms with van der Waals surface area (Å²) in [4.78, 5) is 12.9. The molecular formula is C42H47ClO24. The molecule has 366 valence electrons. The lowest BCUT2D eigenvalue weighted by atomic mass is 9.97. The van der Waals surface area contributed by atoms with Crippen molar-refractivity contribution in [3.63, 3.8) is 0 Å². The van der Waals surface area contributed by atoms with Crippen molar-refractivity contribution in [2.24, 2.45) is 0 Å². The maximum absolute atomic E-state index is 12.9. The molecule has 3 saturated heterocycles. The van der Waals surface area contributed by atoms with Gasteiger partial charge in [-0.25, -0.2) is 9.21 Å². The third kappa shape index (κ3) is 10.7. The van der Waals surface area contributed by atoms with Crippen molar-refractivity contribution < 1.29 is 131 Å². The molecule has 1 aromatic heterocycles. The van der Waals surface area contributed by atoms with E-state index in [9.17, 15) is 81.4 Å². The monoisotopic (exact) mass is 970 g/mol. The van der Waals surface area contributed by atoms with Gasteiger partial charge in [0, 0.05) is 30.3 Å². The van der Waals surface area contributed by atoms with Crippen molar-refractivity contribution in [2.75, 3.05) is 19.8 Å². The predicted octanol–water partition coefficient (Wildman–Crippen LogP) is -5.64. The van der Waals surface area contributed by atoms with Gasteiger partial charge in [-0.1, -0.05) is 12.1 Å². The number of phenolic OH excluding ortho intramolecular Hbond substituents is 5. The number of aliphatic hydroxyl groups is 10. The third-order valence-corrected chi connectivity index (χ3v) is 11.0. The highest BCUT2D eigenvalue weighted by Gasteiger charge is 2.53. The number of aliphatic hydroxyl groups excluding tert-OH is 10. The molecule has 0 unspecified atom stereocenters. The number of halogens is 1. The van der Waals surface area contributed by atoms with Crippen molar-refractivity contribution in [1.29, 1.82) is 0 Å². The van der Waals surface area contributed by atoms with Crippen LogP contribution < -0.4 is 21.9 Å². The van der Waals surface area contributed by atoms with E-state index in [4.69, 9.17) is 37.6 Å². The summed E-state index contributed by atoms with van der Waals surface area (Å²) in [6.45, 7) is -2.68. The third-order valence-electron chi connectivity index (χ3n) is 11.0. The molecule has 15 atom stereocenters. The molecule has 0 aliphatic carbocycles. The van der Waals surface area contributed by atoms with E-state index in [0.29, 0.717) is 5.56 Å². The van der Waals surface area contributed by atoms with E-state index < -0.39 is 152 Å². The van der Waals surface area contributed by atoms with Gasteiger partial charge in [-0.05, 0) is 23.8 Å². The Morgan fingerprint density at radius 2 is 1.16 bits per heavy atom. The van der Waals surface area contributed by atoms with E-state index in [-0.39, 0.29) is 40.4 Å². The summed E-state index contributed by atoms with van der Waals surface area (Å²) in [5.74, 6) is -5.60. The number of phenols is 5. The van der Waals surface area contributed by atoms with Gasteiger partial charge in [0.1, 0.15) is 83.7 Å². The molecule has 0 radical (unpaired) electrons. The van der Waals surface area contributed by atoms with Gasteiger partial charge in [0.05, 0.1) is 31.5 Å². The Balaban J connectivity index is 0.00000741. The number of carbonyl (C=O) groups is 1. The first-order valence-electron chi connectivity index (χ1n) is 20.0. The molecule has 0 amide bonds. The quantitative estimate of drug-likeness (QED) is 0.0257. The van der Waals surface area contributed by atoms with Crippen LogP contribution in [0.2, 0.25) is 0 Å². The summed E-state index contributed by atoms with van der Waals surface area (Å²) in [6, 6.07) is 10.7. The number of hydrogen-bond acceptors (Lipinski definition) is 23. The van der Waals surface area contributed by atoms with E-state index in [1.54, 1.807) is 0 Å². The number of benzene rings is 3. The van der Waals surface area contributed by atoms with E-state index >= 15 is 0 Å². The van der Waals surface area contributed by atoms with Gasteiger partial charge in [-0.2, -0.15) is 0 Å². The maximum Gasteiger partial charge on any atom is 0.402 e. The Kier molecular flexibility index (Phi) is 16.2. The maximum atomic E-state index is 12.9. The molecule has 3 fully saturated rings. The summed E-state index contributed by atoms with van der Waals surface area (Å²) in [5, 5.41) is 157. The van der Waals surface area contributed by atoms with Crippen molar-refractivity contribution in [3.05, 3.63) is 66.2 Å². The minimum Gasteiger partial charge on any atom is -1.00 e. The van der Waals surface area contributed by atoms with Gasteiger partial charge in [0.15, 0.2) is 35.7 Å². The number of aromatic hydroxyl groups is 5. The smallest absolute Gasteiger partial charge is 0.402 e. The number of carbonyl (C=O) groups excluding carboxylic acids is 1. The Bertz CT molecular complexity index is 2340. The summed E-state index contributed by atoms with van der Waals surface area (Å²) in [5.41, 5.74) is -0.0285. The molecule has 24 nitrogen and oxygen atoms in total. The highest BCUT2D eigenvalue weighted by atomic mass is 35.5. The lowest BCUT2D eigenvalue weighted by Crippen LogP contribution is -3.00. The molecule has 25 heteroatoms. The molecule has 3 aromatic carbocycles. The van der Waals surface area contributed by atoms with Crippen LogP contribution in [0.25, 0.3) is 28.4 Å². The average Bonchev–Trinajstić information content (AvgIpc) is 3.29. The van der Waals surface area contributed by atoms with Crippen LogP contribution >= 0.6 is 0 Å². The second-order valence-corrected chi connectivity index (χ2v) is 15.4. The van der Waals surface area contributed by atoms with E-state index in [1.807, 2.05) is 0 Å². The van der Waals surface area contributed by atoms with Crippen LogP contribution in [0.1, 0.15) is 5.56 Å². The molecule has 15 N–H and O–H groups in total. The molecule has 3 aliphatic rings. The van der Waals surface area contributed by atoms with Crippen molar-refractivity contribution in [3.8, 4) is 51.6 Å². The topological polar surface area (TPSA) is 396 Å². The summed E-state index contributed by atoms with van der Waals surface area (Å²) < 4.78 is 46.3. The Hall–Kier alpha value is -5.39. The summed E-state index contributed by atoms with van der Waals surface area (Å²) >= 11 is 0. The highest BCUT2D eigenvalue weighted by Crippen LogP contribution is 2.46. The number of ether oxygens (including phenoxy) is 7. The minimum atomic E-state index is -2.10. The fourth-order valence-electron chi connectivity index (χ4n) is 7.39. The van der Waals surface area contributed by atoms with Crippen LogP contribution in [-0.2, 0) is 28.5 Å². The average molecular weight is 971 g/mol. The van der Waals surface area contributed by atoms with Gasteiger partial charge in [-0.15, -0.1) is 0 Å². The van der Waals surface area contributed by atoms with Gasteiger partial charge in [0.2, 0.25) is 18.3 Å². The SMILES string of the molecule is O=C(/C=C/c1ccc(O)cc1)O[C@@H]1[C@@H](O)[C@H](O[C@H]2[C@H](Oc3cc4c(O[C@@H]5O[C@H](CO)[C@@H](O)[C@H](O)[C@H]5O)cc(O)cc4[o+]c3-c3cc(O)c(O)c(O)c3)O[C@H](CO)[C@@H](O)[C@@H]2O)O[C@H](CO)[C@H]1O.[Cl-]. The van der Waals surface area contributed by atoms with Gasteiger partial charge >= 0.3 is 17.3 Å². The summed E-state index contributed by atoms with van der Waals surface area (Å²) in [7, 11) is 0. The van der Waals surface area contributed by atoms with Crippen LogP contribution in [0.5, 0.6) is 40.2 Å². The zero-order valence-corrected chi connectivity index (χ0v) is 35.1. The van der Waals surface area contributed by atoms with Crippen molar-refractivity contribution in [1.82, 2.24) is 0 Å². The normalized spacial score (nSPS) is 32.1. The Morgan fingerprint density at radius 1 is 0.597 bits per heavy atom. The van der Waals surface area contributed by atoms with Crippen LogP contribution in [0.15, 0.2) is 65.1 Å². The van der Waals surface area contributed by atoms with E-state index in [0.717, 1.165) is 36.4 Å². The first-order chi connectivity index (χ1) is 31.4. The van der Waals surface area contributed by atoms with Gasteiger partial charge < -0.3 is 122 Å². The molecule has 7 rings (SSSR count). The molecule has 67 heavy (non-hydrogen) atoms. The first-order valence-corrected chi connectivity index (χ1v) is 20.0. The molecule has 3 aliphatic heterocycles. The van der Waals surface area contributed by atoms with Crippen LogP contribution in [-0.4, -0.2) is 195 Å². The van der Waals surface area contributed by atoms with Crippen molar-refractivity contribution in [2.45, 2.75) is 92.1 Å². The van der Waals surface area contributed by atoms with E-state index in [2.05, 4.69) is 0 Å². The Morgan fingerprint density at radius 3 is 1.79 bits per heavy atom. The lowest BCUT2D eigenvalue weighted by molar-refractivity contribution is -0.358. The number of rotatable bonds is 13. The lowest BCUT2D eigenvalue weighted by Gasteiger charge is -2.46. The standard InChI is InChI=1S/C42H46O24.ClH/c43-12-25-30(52)33(55)35(57)40(62-25)60-23-10-18(47)9-22-19(23)11-24(37(59-22)16-7-20(48)29(51)21(49)8-16)61-42-39(34(56)31(53)26(13-44)64-42)66-41-36(58)38(32(54)27(14-45)63-41)65-28(50)6-3-15-1-4-17(46)5-2-15;/h1-11,25-27,30-36,38-45,52-58H,12-14H2,(H4-,46,47,48,49,50,51);1H/t25-,26-,27-,30-,31-,32-,33+,34+,35-,36-,38+,39-,40-,41+,42-;/m1./s1. The van der Waals surface area contributed by atoms with Crippen molar-refractivity contribution >= 4 is 23.0 Å². The second kappa shape index (κ2) is 21.3. The molecule has 0 bridgehead atoms. The van der Waals surface area contributed by atoms with Gasteiger partial charge in [0.25, 0.3) is 0 Å². The zero-order valence-electron chi connectivity index (χ0n) is 34.4. The second-order valence-electron chi connectivity index (χ2n) is 15.4. The molecular weight excluding hydrogens is 924 g/mol. The fraction of sp³-hybridized carbons (Fsp3) is 0.429. The number of fused-ring (bicyclic) bond motifs is 1. The highest BCUT2D eigenvalue weighted by molar-refractivity contribution is 5.89. The minimum absolute atomic E-state index is 0. The molecule has 0 saturated carbocycles. The zero-order chi connectivity index (χ0) is 47.7. The van der Waals surface area contributed by atoms with Crippen LogP contribution in [0.3, 0.4) is 0 Å². The first kappa shape index (κ1) is 51.0. The molecule has 4 heterocycles. The van der Waals surface area contributed by atoms with Crippen LogP contribution in [0, 0.1) is 0 Å². The molecule has 0 spiro atoms. The summed E-state index contributed by atoms with van der Waals surface area (Å²) in [6.07, 6.45) is -25.6. The predicted molar refractivity (Wildman–Crippen MR) is 215 cm³/mol. The molecule has 4 aromatic rings. The number of hydrogen-bond donors (Lipinski definition) is 15.